The maximum atomic E-state index is 10.9. The Hall–Kier alpha value is -0.390. The molecule has 1 atom stereocenters. The second-order valence-electron chi connectivity index (χ2n) is 9.49. The molecule has 0 aromatic rings. The van der Waals surface area contributed by atoms with Gasteiger partial charge >= 0.3 is 10.4 Å². The third-order valence-electron chi connectivity index (χ3n) is 6.24. The van der Waals surface area contributed by atoms with Crippen LogP contribution >= 0.6 is 0 Å². The molecule has 1 unspecified atom stereocenters. The van der Waals surface area contributed by atoms with Crippen molar-refractivity contribution in [3.63, 3.8) is 0 Å². The van der Waals surface area contributed by atoms with Gasteiger partial charge in [-0.15, -0.1) is 0 Å². The molecule has 4 nitrogen and oxygen atoms in total. The van der Waals surface area contributed by atoms with Crippen molar-refractivity contribution >= 4 is 10.4 Å². The Morgan fingerprint density at radius 3 is 1.50 bits per heavy atom. The molecule has 0 saturated heterocycles. The molecule has 0 heterocycles. The van der Waals surface area contributed by atoms with E-state index in [-0.39, 0.29) is 12.5 Å². The second-order valence-corrected chi connectivity index (χ2v) is 10.6. The lowest BCUT2D eigenvalue weighted by Gasteiger charge is -2.12. The molecule has 0 saturated carbocycles. The zero-order valence-corrected chi connectivity index (χ0v) is 22.2. The standard InChI is InChI=1S/C27H54O4S/c1-3-5-7-9-11-13-14-15-17-19-21-23-25-27(26-31-32(28,29)30)24-22-20-18-16-12-10-8-6-4-2/h22,24,27H,3-21,23,25-26H2,1-2H3,(H,28,29,30)/b24-22+. The van der Waals surface area contributed by atoms with Crippen LogP contribution in [-0.2, 0) is 14.6 Å². The van der Waals surface area contributed by atoms with Gasteiger partial charge in [0.05, 0.1) is 6.61 Å². The highest BCUT2D eigenvalue weighted by Gasteiger charge is 2.11. The number of hydrogen-bond donors (Lipinski definition) is 1. The fourth-order valence-corrected chi connectivity index (χ4v) is 4.51. The zero-order valence-electron chi connectivity index (χ0n) is 21.4. The molecule has 0 fully saturated rings. The highest BCUT2D eigenvalue weighted by Crippen LogP contribution is 2.17. The highest BCUT2D eigenvalue weighted by atomic mass is 32.3. The van der Waals surface area contributed by atoms with Crippen molar-refractivity contribution in [3.05, 3.63) is 12.2 Å². The van der Waals surface area contributed by atoms with Gasteiger partial charge in [-0.05, 0) is 19.3 Å². The molecule has 0 bridgehead atoms. The van der Waals surface area contributed by atoms with E-state index in [1.165, 1.54) is 116 Å². The number of hydrogen-bond acceptors (Lipinski definition) is 3. The highest BCUT2D eigenvalue weighted by molar-refractivity contribution is 7.80. The van der Waals surface area contributed by atoms with Gasteiger partial charge in [0.1, 0.15) is 0 Å². The maximum absolute atomic E-state index is 10.9. The van der Waals surface area contributed by atoms with Gasteiger partial charge in [0.25, 0.3) is 0 Å². The molecular weight excluding hydrogens is 420 g/mol. The third kappa shape index (κ3) is 25.9. The van der Waals surface area contributed by atoms with Crippen LogP contribution in [0, 0.1) is 5.92 Å². The molecule has 0 spiro atoms. The average Bonchev–Trinajstić information content (AvgIpc) is 2.75. The minimum absolute atomic E-state index is 0.0460. The summed E-state index contributed by atoms with van der Waals surface area (Å²) in [6.45, 7) is 4.55. The van der Waals surface area contributed by atoms with Gasteiger partial charge in [0.2, 0.25) is 0 Å². The van der Waals surface area contributed by atoms with E-state index in [1.807, 2.05) is 0 Å². The van der Waals surface area contributed by atoms with E-state index >= 15 is 0 Å². The van der Waals surface area contributed by atoms with Crippen molar-refractivity contribution in [1.82, 2.24) is 0 Å². The Bertz CT molecular complexity index is 502. The summed E-state index contributed by atoms with van der Waals surface area (Å²) < 4.78 is 35.4. The van der Waals surface area contributed by atoms with Gasteiger partial charge in [-0.3, -0.25) is 4.55 Å². The molecule has 32 heavy (non-hydrogen) atoms. The third-order valence-corrected chi connectivity index (χ3v) is 6.68. The Balaban J connectivity index is 3.86. The van der Waals surface area contributed by atoms with Crippen LogP contribution in [0.1, 0.15) is 149 Å². The summed E-state index contributed by atoms with van der Waals surface area (Å²) in [5, 5.41) is 0. The Morgan fingerprint density at radius 1 is 0.656 bits per heavy atom. The van der Waals surface area contributed by atoms with E-state index in [0.717, 1.165) is 19.3 Å². The van der Waals surface area contributed by atoms with Gasteiger partial charge in [-0.1, -0.05) is 142 Å². The van der Waals surface area contributed by atoms with Crippen molar-refractivity contribution < 1.29 is 17.2 Å². The predicted octanol–water partition coefficient (Wildman–Crippen LogP) is 9.21. The summed E-state index contributed by atoms with van der Waals surface area (Å²) in [5.41, 5.74) is 0. The first-order valence-corrected chi connectivity index (χ1v) is 15.1. The quantitative estimate of drug-likeness (QED) is 0.0813. The largest absolute Gasteiger partial charge is 0.397 e. The van der Waals surface area contributed by atoms with Gasteiger partial charge in [0.15, 0.2) is 0 Å². The van der Waals surface area contributed by atoms with Gasteiger partial charge in [-0.25, -0.2) is 4.18 Å². The van der Waals surface area contributed by atoms with Crippen molar-refractivity contribution in [2.24, 2.45) is 5.92 Å². The lowest BCUT2D eigenvalue weighted by atomic mass is 9.99. The lowest BCUT2D eigenvalue weighted by Crippen LogP contribution is -2.12. The molecule has 0 aromatic heterocycles. The maximum Gasteiger partial charge on any atom is 0.397 e. The Morgan fingerprint density at radius 2 is 1.06 bits per heavy atom. The number of unbranched alkanes of at least 4 members (excludes halogenated alkanes) is 18. The SMILES string of the molecule is CCCCCCCCC/C=C/C(CCCCCCCCCCCCCC)COS(=O)(=O)O. The summed E-state index contributed by atoms with van der Waals surface area (Å²) >= 11 is 0. The lowest BCUT2D eigenvalue weighted by molar-refractivity contribution is 0.234. The average molecular weight is 475 g/mol. The molecule has 0 rings (SSSR count). The first-order valence-electron chi connectivity index (χ1n) is 13.8. The Labute approximate surface area is 200 Å². The first kappa shape index (κ1) is 31.6. The number of rotatable bonds is 25. The molecule has 0 amide bonds. The van der Waals surface area contributed by atoms with E-state index in [2.05, 4.69) is 30.2 Å². The van der Waals surface area contributed by atoms with E-state index in [4.69, 9.17) is 4.55 Å². The molecule has 5 heteroatoms. The summed E-state index contributed by atoms with van der Waals surface area (Å²) in [6.07, 6.45) is 31.1. The monoisotopic (exact) mass is 474 g/mol. The zero-order chi connectivity index (χ0) is 23.8. The van der Waals surface area contributed by atoms with Crippen LogP contribution in [0.5, 0.6) is 0 Å². The van der Waals surface area contributed by atoms with Crippen LogP contribution < -0.4 is 0 Å². The minimum atomic E-state index is -4.36. The topological polar surface area (TPSA) is 63.6 Å². The summed E-state index contributed by atoms with van der Waals surface area (Å²) in [7, 11) is -4.36. The molecule has 0 aromatic carbocycles. The van der Waals surface area contributed by atoms with Gasteiger partial charge in [0, 0.05) is 5.92 Å². The van der Waals surface area contributed by atoms with Crippen LogP contribution in [0.2, 0.25) is 0 Å². The molecule has 0 aliphatic carbocycles. The molecule has 192 valence electrons. The first-order chi connectivity index (χ1) is 15.5. The normalized spacial score (nSPS) is 13.2. The molecule has 0 aliphatic rings. The molecule has 1 N–H and O–H groups in total. The fraction of sp³-hybridized carbons (Fsp3) is 0.926. The summed E-state index contributed by atoms with van der Waals surface area (Å²) in [6, 6.07) is 0. The van der Waals surface area contributed by atoms with Gasteiger partial charge < -0.3 is 0 Å². The van der Waals surface area contributed by atoms with E-state index < -0.39 is 10.4 Å². The van der Waals surface area contributed by atoms with Crippen molar-refractivity contribution in [2.45, 2.75) is 149 Å². The van der Waals surface area contributed by atoms with Crippen molar-refractivity contribution in [3.8, 4) is 0 Å². The van der Waals surface area contributed by atoms with E-state index in [9.17, 15) is 8.42 Å². The second kappa shape index (κ2) is 23.8. The van der Waals surface area contributed by atoms with E-state index in [0.29, 0.717) is 0 Å². The van der Waals surface area contributed by atoms with E-state index in [1.54, 1.807) is 0 Å². The Kier molecular flexibility index (Phi) is 23.5. The summed E-state index contributed by atoms with van der Waals surface area (Å²) in [5.74, 6) is 0.0598. The van der Waals surface area contributed by atoms with Crippen molar-refractivity contribution in [2.75, 3.05) is 6.61 Å². The smallest absolute Gasteiger partial charge is 0.264 e. The summed E-state index contributed by atoms with van der Waals surface area (Å²) in [4.78, 5) is 0. The van der Waals surface area contributed by atoms with Crippen LogP contribution in [0.3, 0.4) is 0 Å². The number of allylic oxidation sites excluding steroid dienone is 1. The molecule has 0 radical (unpaired) electrons. The molecular formula is C27H54O4S. The van der Waals surface area contributed by atoms with Gasteiger partial charge in [-0.2, -0.15) is 8.42 Å². The van der Waals surface area contributed by atoms with Crippen LogP contribution in [0.15, 0.2) is 12.2 Å². The molecule has 0 aliphatic heterocycles. The van der Waals surface area contributed by atoms with Crippen LogP contribution in [0.25, 0.3) is 0 Å². The fourth-order valence-electron chi connectivity index (χ4n) is 4.16. The van der Waals surface area contributed by atoms with Crippen LogP contribution in [0.4, 0.5) is 0 Å². The van der Waals surface area contributed by atoms with Crippen LogP contribution in [-0.4, -0.2) is 19.6 Å². The van der Waals surface area contributed by atoms with Crippen molar-refractivity contribution in [1.29, 1.82) is 0 Å². The minimum Gasteiger partial charge on any atom is -0.264 e. The predicted molar refractivity (Wildman–Crippen MR) is 138 cm³/mol.